The summed E-state index contributed by atoms with van der Waals surface area (Å²) in [5.74, 6) is -2.47. The molecule has 0 spiro atoms. The smallest absolute Gasteiger partial charge is 0.433 e. The molecule has 3 saturated carbocycles. The monoisotopic (exact) mass is 562 g/mol. The topological polar surface area (TPSA) is 128 Å². The first-order valence-corrected chi connectivity index (χ1v) is 12.7. The molecule has 0 aromatic carbocycles. The highest BCUT2D eigenvalue weighted by Gasteiger charge is 2.53. The van der Waals surface area contributed by atoms with Gasteiger partial charge in [0.15, 0.2) is 11.5 Å². The maximum absolute atomic E-state index is 14.4. The maximum atomic E-state index is 14.4. The van der Waals surface area contributed by atoms with Gasteiger partial charge in [-0.05, 0) is 61.6 Å². The Hall–Kier alpha value is -4.10. The van der Waals surface area contributed by atoms with Crippen molar-refractivity contribution in [3.05, 3.63) is 59.1 Å². The van der Waals surface area contributed by atoms with Crippen LogP contribution in [0.25, 0.3) is 5.65 Å². The predicted molar refractivity (Wildman–Crippen MR) is 130 cm³/mol. The summed E-state index contributed by atoms with van der Waals surface area (Å²) in [6.07, 6.45) is 1.43. The molecule has 0 unspecified atom stereocenters. The second-order valence-electron chi connectivity index (χ2n) is 10.4. The number of carbonyl (C=O) groups excluding carboxylic acids is 3. The Bertz CT molecular complexity index is 1460. The molecule has 0 aliphatic heterocycles. The first-order chi connectivity index (χ1) is 19.0. The molecule has 3 aromatic heterocycles. The number of halogens is 4. The van der Waals surface area contributed by atoms with Crippen molar-refractivity contribution in [3.8, 4) is 0 Å². The van der Waals surface area contributed by atoms with Crippen molar-refractivity contribution in [1.29, 1.82) is 0 Å². The number of hydrogen-bond donors (Lipinski definition) is 2. The van der Waals surface area contributed by atoms with Crippen LogP contribution in [-0.2, 0) is 22.3 Å². The van der Waals surface area contributed by atoms with Crippen LogP contribution in [0.4, 0.5) is 17.6 Å². The molecule has 2 amide bonds. The normalized spacial score (nSPS) is 22.2. The number of alkyl halides is 3. The second kappa shape index (κ2) is 10.1. The Morgan fingerprint density at radius 1 is 1.05 bits per heavy atom. The van der Waals surface area contributed by atoms with Crippen molar-refractivity contribution in [1.82, 2.24) is 30.2 Å². The standard InChI is InChI=1S/C26H26F4N6O4/c1-40-23(39)25-6-3-24(4-7-25,5-8-25)14-33-22(38)18-11-17(35-20-16(27)13-34-36(18)20)21(37)32-12-15-2-9-31-19(10-15)26(28,29)30/h2,9-11,13H,3-8,12,14H2,1H3,(H,32,37)(H,33,38). The lowest BCUT2D eigenvalue weighted by atomic mass is 9.53. The van der Waals surface area contributed by atoms with Crippen molar-refractivity contribution in [2.24, 2.45) is 10.8 Å². The molecule has 3 fully saturated rings. The van der Waals surface area contributed by atoms with Crippen molar-refractivity contribution < 1.29 is 36.7 Å². The number of hydrogen-bond acceptors (Lipinski definition) is 7. The maximum Gasteiger partial charge on any atom is 0.433 e. The van der Waals surface area contributed by atoms with Gasteiger partial charge in [-0.3, -0.25) is 19.4 Å². The number of carbonyl (C=O) groups is 3. The molecule has 2 N–H and O–H groups in total. The van der Waals surface area contributed by atoms with Gasteiger partial charge in [0.2, 0.25) is 0 Å². The number of nitrogens with one attached hydrogen (secondary N) is 2. The largest absolute Gasteiger partial charge is 0.469 e. The minimum atomic E-state index is -4.65. The summed E-state index contributed by atoms with van der Waals surface area (Å²) >= 11 is 0. The molecule has 0 saturated heterocycles. The summed E-state index contributed by atoms with van der Waals surface area (Å²) < 4.78 is 59.2. The summed E-state index contributed by atoms with van der Waals surface area (Å²) in [7, 11) is 1.39. The number of nitrogens with zero attached hydrogens (tertiary/aromatic N) is 4. The molecule has 3 aliphatic rings. The second-order valence-corrected chi connectivity index (χ2v) is 10.4. The fourth-order valence-corrected chi connectivity index (χ4v) is 5.64. The van der Waals surface area contributed by atoms with Crippen LogP contribution in [0.5, 0.6) is 0 Å². The van der Waals surface area contributed by atoms with E-state index in [1.54, 1.807) is 0 Å². The van der Waals surface area contributed by atoms with Gasteiger partial charge in [-0.25, -0.2) is 13.9 Å². The van der Waals surface area contributed by atoms with Crippen LogP contribution in [0.1, 0.15) is 70.8 Å². The number of methoxy groups -OCH3 is 1. The molecule has 3 aromatic rings. The quantitative estimate of drug-likeness (QED) is 0.334. The molecule has 14 heteroatoms. The Morgan fingerprint density at radius 2 is 1.75 bits per heavy atom. The number of ether oxygens (including phenoxy) is 1. The van der Waals surface area contributed by atoms with E-state index in [2.05, 4.69) is 25.7 Å². The number of fused-ring (bicyclic) bond motifs is 4. The minimum absolute atomic E-state index is 0.130. The van der Waals surface area contributed by atoms with Crippen LogP contribution in [0.2, 0.25) is 0 Å². The van der Waals surface area contributed by atoms with E-state index in [9.17, 15) is 31.9 Å². The predicted octanol–water partition coefficient (Wildman–Crippen LogP) is 3.46. The molecule has 40 heavy (non-hydrogen) atoms. The van der Waals surface area contributed by atoms with Crippen LogP contribution in [0, 0.1) is 16.6 Å². The number of amides is 2. The van der Waals surface area contributed by atoms with Gasteiger partial charge < -0.3 is 15.4 Å². The van der Waals surface area contributed by atoms with Gasteiger partial charge in [0.05, 0.1) is 18.7 Å². The highest BCUT2D eigenvalue weighted by Crippen LogP contribution is 2.57. The van der Waals surface area contributed by atoms with Crippen molar-refractivity contribution >= 4 is 23.4 Å². The molecule has 6 rings (SSSR count). The Morgan fingerprint density at radius 3 is 2.40 bits per heavy atom. The van der Waals surface area contributed by atoms with Gasteiger partial charge >= 0.3 is 12.1 Å². The van der Waals surface area contributed by atoms with Crippen LogP contribution in [-0.4, -0.2) is 51.0 Å². The summed E-state index contributed by atoms with van der Waals surface area (Å²) in [4.78, 5) is 45.6. The highest BCUT2D eigenvalue weighted by molar-refractivity contribution is 5.98. The zero-order valence-corrected chi connectivity index (χ0v) is 21.5. The molecular formula is C26H26F4N6O4. The van der Waals surface area contributed by atoms with Gasteiger partial charge in [-0.1, -0.05) is 0 Å². The van der Waals surface area contributed by atoms with Gasteiger partial charge in [0, 0.05) is 25.4 Å². The number of rotatable bonds is 7. The minimum Gasteiger partial charge on any atom is -0.469 e. The molecule has 0 atom stereocenters. The molecule has 3 aliphatic carbocycles. The SMILES string of the molecule is COC(=O)C12CCC(CNC(=O)c3cc(C(=O)NCc4ccnc(C(F)(F)F)c4)nc4c(F)cnn34)(CC1)CC2. The fourth-order valence-electron chi connectivity index (χ4n) is 5.64. The third-order valence-corrected chi connectivity index (χ3v) is 8.11. The molecule has 10 nitrogen and oxygen atoms in total. The van der Waals surface area contributed by atoms with E-state index in [1.807, 2.05) is 0 Å². The third-order valence-electron chi connectivity index (χ3n) is 8.11. The molecule has 0 radical (unpaired) electrons. The van der Waals surface area contributed by atoms with E-state index < -0.39 is 34.9 Å². The lowest BCUT2D eigenvalue weighted by molar-refractivity contribution is -0.162. The lowest BCUT2D eigenvalue weighted by Gasteiger charge is -2.51. The van der Waals surface area contributed by atoms with Crippen LogP contribution >= 0.6 is 0 Å². The Balaban J connectivity index is 1.30. The lowest BCUT2D eigenvalue weighted by Crippen LogP contribution is -2.50. The van der Waals surface area contributed by atoms with Crippen LogP contribution in [0.3, 0.4) is 0 Å². The summed E-state index contributed by atoms with van der Waals surface area (Å²) in [6, 6.07) is 3.27. The van der Waals surface area contributed by atoms with Gasteiger partial charge in [-0.15, -0.1) is 0 Å². The highest BCUT2D eigenvalue weighted by atomic mass is 19.4. The van der Waals surface area contributed by atoms with Crippen molar-refractivity contribution in [2.75, 3.05) is 13.7 Å². The number of pyridine rings is 1. The van der Waals surface area contributed by atoms with Crippen LogP contribution in [0.15, 0.2) is 30.6 Å². The zero-order valence-electron chi connectivity index (χ0n) is 21.5. The van der Waals surface area contributed by atoms with Gasteiger partial charge in [-0.2, -0.15) is 18.3 Å². The number of esters is 1. The summed E-state index contributed by atoms with van der Waals surface area (Å²) in [5, 5.41) is 9.18. The molecule has 212 valence electrons. The Labute approximate surface area is 225 Å². The van der Waals surface area contributed by atoms with E-state index in [0.717, 1.165) is 48.3 Å². The fraction of sp³-hybridized carbons (Fsp3) is 0.462. The summed E-state index contributed by atoms with van der Waals surface area (Å²) in [6.45, 7) is 0.0396. The average molecular weight is 563 g/mol. The first kappa shape index (κ1) is 27.5. The van der Waals surface area contributed by atoms with E-state index in [-0.39, 0.29) is 40.5 Å². The number of aromatic nitrogens is 4. The third kappa shape index (κ3) is 5.09. The van der Waals surface area contributed by atoms with E-state index in [1.165, 1.54) is 13.2 Å². The Kier molecular flexibility index (Phi) is 6.96. The van der Waals surface area contributed by atoms with E-state index in [0.29, 0.717) is 25.8 Å². The van der Waals surface area contributed by atoms with Gasteiger partial charge in [0.1, 0.15) is 17.1 Å². The molecule has 3 heterocycles. The van der Waals surface area contributed by atoms with Crippen molar-refractivity contribution in [2.45, 2.75) is 51.2 Å². The average Bonchev–Trinajstić information content (AvgIpc) is 3.34. The molecule has 2 bridgehead atoms. The zero-order chi connectivity index (χ0) is 28.7. The van der Waals surface area contributed by atoms with Crippen molar-refractivity contribution in [3.63, 3.8) is 0 Å². The van der Waals surface area contributed by atoms with E-state index >= 15 is 0 Å². The van der Waals surface area contributed by atoms with Crippen LogP contribution < -0.4 is 10.6 Å². The van der Waals surface area contributed by atoms with Gasteiger partial charge in [0.25, 0.3) is 11.8 Å². The molecular weight excluding hydrogens is 536 g/mol. The summed E-state index contributed by atoms with van der Waals surface area (Å²) in [5.41, 5.74) is -2.40. The first-order valence-electron chi connectivity index (χ1n) is 12.7. The van der Waals surface area contributed by atoms with E-state index in [4.69, 9.17) is 4.74 Å².